The second-order valence-electron chi connectivity index (χ2n) is 8.13. The number of carbonyl (C=O) groups excluding carboxylic acids is 4. The number of primary amides is 1. The molecule has 210 valence electrons. The van der Waals surface area contributed by atoms with Crippen LogP contribution in [0.2, 0.25) is 0 Å². The molecule has 0 saturated heterocycles. The van der Waals surface area contributed by atoms with Crippen molar-refractivity contribution in [2.45, 2.75) is 56.3 Å². The Morgan fingerprint density at radius 1 is 0.921 bits per heavy atom. The highest BCUT2D eigenvalue weighted by Gasteiger charge is 2.31. The van der Waals surface area contributed by atoms with E-state index in [0.717, 1.165) is 0 Å². The van der Waals surface area contributed by atoms with Crippen LogP contribution in [0, 0.1) is 0 Å². The molecule has 0 aromatic carbocycles. The number of aromatic nitrogens is 2. The molecular weight excluding hydrogens is 508 g/mol. The van der Waals surface area contributed by atoms with Crippen molar-refractivity contribution in [1.29, 1.82) is 0 Å². The van der Waals surface area contributed by atoms with Crippen LogP contribution in [0.1, 0.15) is 31.4 Å². The molecule has 0 spiro atoms. The number of aliphatic carboxylic acids is 2. The number of H-pyrrole nitrogens is 1. The van der Waals surface area contributed by atoms with Crippen LogP contribution in [0.4, 0.5) is 0 Å². The molecule has 0 aliphatic heterocycles. The lowest BCUT2D eigenvalue weighted by atomic mass is 10.1. The number of nitrogens with zero attached hydrogens (tertiary/aromatic N) is 2. The van der Waals surface area contributed by atoms with Crippen molar-refractivity contribution in [3.05, 3.63) is 18.2 Å². The molecule has 1 rings (SSSR count). The van der Waals surface area contributed by atoms with Gasteiger partial charge in [0.25, 0.3) is 0 Å². The third-order valence-corrected chi connectivity index (χ3v) is 4.94. The van der Waals surface area contributed by atoms with E-state index in [1.165, 1.54) is 12.5 Å². The predicted molar refractivity (Wildman–Crippen MR) is 130 cm³/mol. The summed E-state index contributed by atoms with van der Waals surface area (Å²) >= 11 is 0. The molecule has 14 N–H and O–H groups in total. The average molecular weight is 541 g/mol. The number of hydrogen-bond acceptors (Lipinski definition) is 9. The largest absolute Gasteiger partial charge is 0.481 e. The maximum Gasteiger partial charge on any atom is 0.326 e. The highest BCUT2D eigenvalue weighted by atomic mass is 16.4. The van der Waals surface area contributed by atoms with Gasteiger partial charge in [0.1, 0.15) is 18.1 Å². The molecule has 18 nitrogen and oxygen atoms in total. The van der Waals surface area contributed by atoms with E-state index in [2.05, 4.69) is 30.9 Å². The Kier molecular flexibility index (Phi) is 12.7. The number of carboxylic acids is 2. The van der Waals surface area contributed by atoms with E-state index in [1.807, 2.05) is 0 Å². The topological polar surface area (TPSA) is 324 Å². The second kappa shape index (κ2) is 15.4. The Balaban J connectivity index is 3.12. The lowest BCUT2D eigenvalue weighted by Crippen LogP contribution is -2.58. The predicted octanol–water partition coefficient (Wildman–Crippen LogP) is -4.78. The number of guanidine groups is 1. The van der Waals surface area contributed by atoms with Gasteiger partial charge in [0.15, 0.2) is 5.96 Å². The Labute approximate surface area is 216 Å². The number of hydrogen-bond donors (Lipinski definition) is 10. The van der Waals surface area contributed by atoms with E-state index in [1.54, 1.807) is 0 Å². The van der Waals surface area contributed by atoms with Crippen LogP contribution in [-0.4, -0.2) is 92.4 Å². The van der Waals surface area contributed by atoms with Gasteiger partial charge in [-0.25, -0.2) is 9.78 Å². The molecule has 1 aromatic rings. The summed E-state index contributed by atoms with van der Waals surface area (Å²) in [6.07, 6.45) is 1.27. The quantitative estimate of drug-likeness (QED) is 0.0505. The van der Waals surface area contributed by atoms with Crippen molar-refractivity contribution < 1.29 is 39.0 Å². The highest BCUT2D eigenvalue weighted by molar-refractivity contribution is 5.95. The van der Waals surface area contributed by atoms with Gasteiger partial charge in [-0.05, 0) is 12.8 Å². The molecule has 0 aliphatic rings. The smallest absolute Gasteiger partial charge is 0.326 e. The van der Waals surface area contributed by atoms with E-state index in [0.29, 0.717) is 5.69 Å². The molecule has 0 fully saturated rings. The molecular formula is C20H32N10O8. The summed E-state index contributed by atoms with van der Waals surface area (Å²) < 4.78 is 0. The molecule has 4 amide bonds. The van der Waals surface area contributed by atoms with Crippen LogP contribution in [-0.2, 0) is 35.2 Å². The SMILES string of the molecule is NC(=O)CC(NC(=O)C(Cc1cnc[nH]1)NC(=O)C(CCCN=C(N)N)NC(=O)C(N)CC(=O)O)C(=O)O. The molecule has 0 bridgehead atoms. The minimum atomic E-state index is -1.66. The number of carbonyl (C=O) groups is 6. The minimum absolute atomic E-state index is 0.0357. The van der Waals surface area contributed by atoms with Crippen LogP contribution in [0.25, 0.3) is 0 Å². The third-order valence-electron chi connectivity index (χ3n) is 4.94. The molecule has 4 unspecified atom stereocenters. The summed E-state index contributed by atoms with van der Waals surface area (Å²) in [6, 6.07) is -5.81. The Morgan fingerprint density at radius 3 is 2.05 bits per heavy atom. The Bertz CT molecular complexity index is 1030. The first-order chi connectivity index (χ1) is 17.8. The number of imidazole rings is 1. The van der Waals surface area contributed by atoms with Gasteiger partial charge in [-0.15, -0.1) is 0 Å². The van der Waals surface area contributed by atoms with Crippen LogP contribution in [0.15, 0.2) is 17.5 Å². The van der Waals surface area contributed by atoms with E-state index >= 15 is 0 Å². The number of amides is 4. The summed E-state index contributed by atoms with van der Waals surface area (Å²) in [5.41, 5.74) is 21.6. The number of nitrogens with two attached hydrogens (primary N) is 4. The summed E-state index contributed by atoms with van der Waals surface area (Å²) in [6.45, 7) is 0.0919. The third kappa shape index (κ3) is 11.8. The van der Waals surface area contributed by atoms with Gasteiger partial charge < -0.3 is 54.1 Å². The van der Waals surface area contributed by atoms with Crippen molar-refractivity contribution in [3.63, 3.8) is 0 Å². The van der Waals surface area contributed by atoms with Crippen molar-refractivity contribution in [3.8, 4) is 0 Å². The number of rotatable bonds is 17. The van der Waals surface area contributed by atoms with Gasteiger partial charge in [-0.2, -0.15) is 0 Å². The van der Waals surface area contributed by atoms with Crippen LogP contribution >= 0.6 is 0 Å². The first kappa shape index (κ1) is 31.3. The first-order valence-electron chi connectivity index (χ1n) is 11.2. The van der Waals surface area contributed by atoms with Crippen molar-refractivity contribution in [1.82, 2.24) is 25.9 Å². The molecule has 4 atom stereocenters. The second-order valence-corrected chi connectivity index (χ2v) is 8.13. The van der Waals surface area contributed by atoms with E-state index in [9.17, 15) is 33.9 Å². The summed E-state index contributed by atoms with van der Waals surface area (Å²) in [5.74, 6) is -6.80. The van der Waals surface area contributed by atoms with Crippen molar-refractivity contribution in [2.24, 2.45) is 27.9 Å². The highest BCUT2D eigenvalue weighted by Crippen LogP contribution is 2.05. The zero-order chi connectivity index (χ0) is 28.8. The molecule has 0 saturated carbocycles. The van der Waals surface area contributed by atoms with Crippen LogP contribution < -0.4 is 38.9 Å². The Hall–Kier alpha value is -4.74. The fourth-order valence-corrected chi connectivity index (χ4v) is 3.10. The lowest BCUT2D eigenvalue weighted by Gasteiger charge is -2.24. The lowest BCUT2D eigenvalue weighted by molar-refractivity contribution is -0.143. The Morgan fingerprint density at radius 2 is 1.53 bits per heavy atom. The van der Waals surface area contributed by atoms with Gasteiger partial charge in [0.2, 0.25) is 23.6 Å². The number of aromatic amines is 1. The average Bonchev–Trinajstić information content (AvgIpc) is 3.32. The maximum absolute atomic E-state index is 13.1. The molecule has 1 aromatic heterocycles. The maximum atomic E-state index is 13.1. The molecule has 1 heterocycles. The number of carboxylic acid groups (broad SMARTS) is 2. The molecule has 18 heteroatoms. The summed E-state index contributed by atoms with van der Waals surface area (Å²) in [5, 5.41) is 25.1. The molecule has 0 aliphatic carbocycles. The summed E-state index contributed by atoms with van der Waals surface area (Å²) in [4.78, 5) is 82.3. The van der Waals surface area contributed by atoms with E-state index in [4.69, 9.17) is 28.0 Å². The number of nitrogens with one attached hydrogen (secondary N) is 4. The van der Waals surface area contributed by atoms with Gasteiger partial charge >= 0.3 is 11.9 Å². The fraction of sp³-hybridized carbons (Fsp3) is 0.500. The van der Waals surface area contributed by atoms with Gasteiger partial charge in [-0.1, -0.05) is 0 Å². The van der Waals surface area contributed by atoms with E-state index < -0.39 is 72.6 Å². The molecule has 38 heavy (non-hydrogen) atoms. The van der Waals surface area contributed by atoms with Crippen LogP contribution in [0.3, 0.4) is 0 Å². The van der Waals surface area contributed by atoms with Gasteiger partial charge in [0.05, 0.1) is 25.2 Å². The number of aliphatic imine (C=N–C) groups is 1. The van der Waals surface area contributed by atoms with Crippen molar-refractivity contribution in [2.75, 3.05) is 6.54 Å². The minimum Gasteiger partial charge on any atom is -0.481 e. The zero-order valence-corrected chi connectivity index (χ0v) is 20.3. The standard InChI is InChI=1S/C20H32N10O8/c21-10(5-15(32)33)16(34)28-11(2-1-3-26-20(23)24)17(35)29-12(4-9-7-25-8-27-9)18(36)30-13(19(37)38)6-14(22)31/h7-8,10-13H,1-6,21H2,(H2,22,31)(H,25,27)(H,28,34)(H,29,35)(H,30,36)(H,32,33)(H,37,38)(H4,23,24,26). The van der Waals surface area contributed by atoms with Gasteiger partial charge in [0, 0.05) is 24.9 Å². The zero-order valence-electron chi connectivity index (χ0n) is 20.3. The fourth-order valence-electron chi connectivity index (χ4n) is 3.10. The molecule has 0 radical (unpaired) electrons. The monoisotopic (exact) mass is 540 g/mol. The van der Waals surface area contributed by atoms with Crippen molar-refractivity contribution >= 4 is 41.5 Å². The first-order valence-corrected chi connectivity index (χ1v) is 11.2. The normalized spacial score (nSPS) is 13.7. The summed E-state index contributed by atoms with van der Waals surface area (Å²) in [7, 11) is 0. The van der Waals surface area contributed by atoms with Crippen LogP contribution in [0.5, 0.6) is 0 Å². The van der Waals surface area contributed by atoms with E-state index in [-0.39, 0.29) is 31.8 Å². The van der Waals surface area contributed by atoms with Gasteiger partial charge in [-0.3, -0.25) is 29.0 Å².